The number of ketones is 1. The number of nitro groups is 1. The van der Waals surface area contributed by atoms with Gasteiger partial charge in [0.25, 0.3) is 5.69 Å². The first-order valence-corrected chi connectivity index (χ1v) is 9.21. The summed E-state index contributed by atoms with van der Waals surface area (Å²) in [6, 6.07) is 12.6. The van der Waals surface area contributed by atoms with Crippen molar-refractivity contribution in [1.29, 1.82) is 0 Å². The van der Waals surface area contributed by atoms with Crippen molar-refractivity contribution in [3.05, 3.63) is 69.8 Å². The van der Waals surface area contributed by atoms with E-state index in [9.17, 15) is 24.5 Å². The second kappa shape index (κ2) is 10.7. The van der Waals surface area contributed by atoms with E-state index in [4.69, 9.17) is 4.74 Å². The number of non-ortho nitro benzene ring substituents is 1. The lowest BCUT2D eigenvalue weighted by atomic mass is 10.1. The number of nitrogens with zero attached hydrogens (tertiary/aromatic N) is 1. The second-order valence-corrected chi connectivity index (χ2v) is 6.30. The number of rotatable bonds is 10. The van der Waals surface area contributed by atoms with Gasteiger partial charge in [-0.25, -0.2) is 0 Å². The standard InChI is InChI=1S/C21H22N2O6/c1-2-15-6-3-4-7-18(15)22-20(25)8-5-9-21(26)29-14-19(24)16-10-12-17(13-11-16)23(27)28/h3-4,6-7,10-13H,2,5,8-9,14H2,1H3,(H,22,25). The van der Waals surface area contributed by atoms with Crippen LogP contribution in [0.1, 0.15) is 42.1 Å². The normalized spacial score (nSPS) is 10.2. The first-order valence-electron chi connectivity index (χ1n) is 9.21. The number of hydrogen-bond acceptors (Lipinski definition) is 6. The van der Waals surface area contributed by atoms with Gasteiger partial charge in [-0.2, -0.15) is 0 Å². The van der Waals surface area contributed by atoms with Crippen LogP contribution in [0, 0.1) is 10.1 Å². The Balaban J connectivity index is 1.70. The molecule has 0 heterocycles. The summed E-state index contributed by atoms with van der Waals surface area (Å²) in [5.41, 5.74) is 1.89. The Kier molecular flexibility index (Phi) is 8.02. The van der Waals surface area contributed by atoms with Crippen LogP contribution in [-0.4, -0.2) is 29.2 Å². The molecule has 0 bridgehead atoms. The van der Waals surface area contributed by atoms with Gasteiger partial charge in [0.05, 0.1) is 4.92 Å². The maximum atomic E-state index is 12.0. The van der Waals surface area contributed by atoms with Crippen LogP contribution in [0.25, 0.3) is 0 Å². The van der Waals surface area contributed by atoms with Crippen LogP contribution >= 0.6 is 0 Å². The van der Waals surface area contributed by atoms with Gasteiger partial charge in [0.1, 0.15) is 0 Å². The number of para-hydroxylation sites is 1. The molecule has 0 unspecified atom stereocenters. The zero-order chi connectivity index (χ0) is 21.2. The zero-order valence-corrected chi connectivity index (χ0v) is 16.1. The largest absolute Gasteiger partial charge is 0.457 e. The van der Waals surface area contributed by atoms with E-state index < -0.39 is 23.3 Å². The van der Waals surface area contributed by atoms with Crippen LogP contribution in [0.5, 0.6) is 0 Å². The molecule has 0 atom stereocenters. The minimum absolute atomic E-state index is 0.0103. The first kappa shape index (κ1) is 21.7. The molecule has 29 heavy (non-hydrogen) atoms. The Morgan fingerprint density at radius 3 is 2.38 bits per heavy atom. The third-order valence-corrected chi connectivity index (χ3v) is 4.22. The number of amides is 1. The Labute approximate surface area is 168 Å². The van der Waals surface area contributed by atoms with Gasteiger partial charge in [0.15, 0.2) is 12.4 Å². The third-order valence-electron chi connectivity index (χ3n) is 4.22. The number of Topliss-reactive ketones (excluding diaryl/α,β-unsaturated/α-hetero) is 1. The van der Waals surface area contributed by atoms with Gasteiger partial charge in [-0.05, 0) is 36.6 Å². The fourth-order valence-electron chi connectivity index (χ4n) is 2.63. The number of nitro benzene ring substituents is 1. The minimum atomic E-state index is -0.581. The maximum absolute atomic E-state index is 12.0. The Bertz CT molecular complexity index is 892. The highest BCUT2D eigenvalue weighted by atomic mass is 16.6. The molecule has 2 aromatic rings. The van der Waals surface area contributed by atoms with Crippen molar-refractivity contribution in [1.82, 2.24) is 0 Å². The summed E-state index contributed by atoms with van der Waals surface area (Å²) in [6.07, 6.45) is 1.26. The minimum Gasteiger partial charge on any atom is -0.457 e. The summed E-state index contributed by atoms with van der Waals surface area (Å²) < 4.78 is 4.92. The molecule has 0 aliphatic carbocycles. The number of hydrogen-bond donors (Lipinski definition) is 1. The Hall–Kier alpha value is -3.55. The topological polar surface area (TPSA) is 116 Å². The molecule has 0 radical (unpaired) electrons. The smallest absolute Gasteiger partial charge is 0.306 e. The fourth-order valence-corrected chi connectivity index (χ4v) is 2.63. The molecule has 1 N–H and O–H groups in total. The molecule has 8 nitrogen and oxygen atoms in total. The molecule has 0 aromatic heterocycles. The van der Waals surface area contributed by atoms with Gasteiger partial charge in [-0.15, -0.1) is 0 Å². The molecule has 2 rings (SSSR count). The number of nitrogens with one attached hydrogen (secondary N) is 1. The van der Waals surface area contributed by atoms with Crippen LogP contribution in [0.4, 0.5) is 11.4 Å². The van der Waals surface area contributed by atoms with Crippen molar-refractivity contribution in [2.45, 2.75) is 32.6 Å². The van der Waals surface area contributed by atoms with Crippen LogP contribution in [0.15, 0.2) is 48.5 Å². The molecule has 0 aliphatic rings. The molecular formula is C21H22N2O6. The van der Waals surface area contributed by atoms with Gasteiger partial charge < -0.3 is 10.1 Å². The highest BCUT2D eigenvalue weighted by Crippen LogP contribution is 2.16. The lowest BCUT2D eigenvalue weighted by Gasteiger charge is -2.09. The van der Waals surface area contributed by atoms with Gasteiger partial charge >= 0.3 is 5.97 Å². The highest BCUT2D eigenvalue weighted by Gasteiger charge is 2.13. The number of carbonyl (C=O) groups is 3. The number of carbonyl (C=O) groups excluding carboxylic acids is 3. The highest BCUT2D eigenvalue weighted by molar-refractivity contribution is 5.98. The van der Waals surface area contributed by atoms with Gasteiger partial charge in [0.2, 0.25) is 5.91 Å². The maximum Gasteiger partial charge on any atom is 0.306 e. The van der Waals surface area contributed by atoms with Crippen molar-refractivity contribution in [2.24, 2.45) is 0 Å². The third kappa shape index (κ3) is 6.84. The van der Waals surface area contributed by atoms with Crippen molar-refractivity contribution < 1.29 is 24.0 Å². The van der Waals surface area contributed by atoms with Crippen LogP contribution in [0.2, 0.25) is 0 Å². The summed E-state index contributed by atoms with van der Waals surface area (Å²) in [6.45, 7) is 1.55. The fraction of sp³-hybridized carbons (Fsp3) is 0.286. The van der Waals surface area contributed by atoms with E-state index in [1.54, 1.807) is 0 Å². The van der Waals surface area contributed by atoms with Crippen LogP contribution < -0.4 is 5.32 Å². The lowest BCUT2D eigenvalue weighted by molar-refractivity contribution is -0.384. The van der Waals surface area contributed by atoms with Crippen molar-refractivity contribution in [2.75, 3.05) is 11.9 Å². The predicted molar refractivity (Wildman–Crippen MR) is 107 cm³/mol. The van der Waals surface area contributed by atoms with E-state index in [2.05, 4.69) is 5.32 Å². The van der Waals surface area contributed by atoms with Crippen molar-refractivity contribution in [3.63, 3.8) is 0 Å². The molecule has 0 saturated heterocycles. The summed E-state index contributed by atoms with van der Waals surface area (Å²) in [5.74, 6) is -1.23. The summed E-state index contributed by atoms with van der Waals surface area (Å²) in [4.78, 5) is 45.8. The molecule has 0 aliphatic heterocycles. The van der Waals surface area contributed by atoms with Gasteiger partial charge in [0, 0.05) is 36.2 Å². The monoisotopic (exact) mass is 398 g/mol. The average Bonchev–Trinajstić information content (AvgIpc) is 2.72. The number of benzene rings is 2. The molecule has 0 spiro atoms. The average molecular weight is 398 g/mol. The summed E-state index contributed by atoms with van der Waals surface area (Å²) >= 11 is 0. The lowest BCUT2D eigenvalue weighted by Crippen LogP contribution is -2.16. The molecule has 1 amide bonds. The van der Waals surface area contributed by atoms with Crippen molar-refractivity contribution in [3.8, 4) is 0 Å². The van der Waals surface area contributed by atoms with Crippen LogP contribution in [0.3, 0.4) is 0 Å². The van der Waals surface area contributed by atoms with Crippen LogP contribution in [-0.2, 0) is 20.7 Å². The number of esters is 1. The van der Waals surface area contributed by atoms with E-state index in [0.717, 1.165) is 17.7 Å². The number of aryl methyl sites for hydroxylation is 1. The molecule has 2 aromatic carbocycles. The van der Waals surface area contributed by atoms with E-state index in [0.29, 0.717) is 6.42 Å². The SMILES string of the molecule is CCc1ccccc1NC(=O)CCCC(=O)OCC(=O)c1ccc([N+](=O)[O-])cc1. The molecule has 0 saturated carbocycles. The first-order chi connectivity index (χ1) is 13.9. The zero-order valence-electron chi connectivity index (χ0n) is 16.1. The van der Waals surface area contributed by atoms with E-state index in [1.165, 1.54) is 24.3 Å². The summed E-state index contributed by atoms with van der Waals surface area (Å²) in [7, 11) is 0. The van der Waals surface area contributed by atoms with Gasteiger partial charge in [-0.1, -0.05) is 25.1 Å². The van der Waals surface area contributed by atoms with Crippen molar-refractivity contribution >= 4 is 29.0 Å². The molecule has 0 fully saturated rings. The quantitative estimate of drug-likeness (QED) is 0.282. The van der Waals surface area contributed by atoms with E-state index in [-0.39, 0.29) is 30.0 Å². The Morgan fingerprint density at radius 2 is 1.72 bits per heavy atom. The summed E-state index contributed by atoms with van der Waals surface area (Å²) in [5, 5.41) is 13.4. The van der Waals surface area contributed by atoms with Gasteiger partial charge in [-0.3, -0.25) is 24.5 Å². The molecule has 152 valence electrons. The molecular weight excluding hydrogens is 376 g/mol. The number of ether oxygens (including phenoxy) is 1. The molecule has 8 heteroatoms. The number of anilines is 1. The van der Waals surface area contributed by atoms with E-state index >= 15 is 0 Å². The van der Waals surface area contributed by atoms with E-state index in [1.807, 2.05) is 31.2 Å². The second-order valence-electron chi connectivity index (χ2n) is 6.30. The Morgan fingerprint density at radius 1 is 1.03 bits per heavy atom. The predicted octanol–water partition coefficient (Wildman–Crippen LogP) is 3.69.